The molecule has 5 nitrogen and oxygen atoms in total. The van der Waals surface area contributed by atoms with E-state index in [1.54, 1.807) is 60.7 Å². The summed E-state index contributed by atoms with van der Waals surface area (Å²) in [6.45, 7) is 0.436. The van der Waals surface area contributed by atoms with Crippen molar-refractivity contribution in [3.05, 3.63) is 123 Å². The van der Waals surface area contributed by atoms with Crippen molar-refractivity contribution in [2.45, 2.75) is 6.42 Å². The van der Waals surface area contributed by atoms with E-state index in [0.29, 0.717) is 39.9 Å². The Balaban J connectivity index is 1.44. The van der Waals surface area contributed by atoms with Crippen molar-refractivity contribution in [1.29, 1.82) is 0 Å². The molecule has 176 valence electrons. The summed E-state index contributed by atoms with van der Waals surface area (Å²) in [4.78, 5) is 25.8. The number of carbonyl (C=O) groups is 2. The average Bonchev–Trinajstić information content (AvgIpc) is 2.85. The fourth-order valence-corrected chi connectivity index (χ4v) is 3.99. The molecule has 0 spiro atoms. The number of ether oxygens (including phenoxy) is 1. The lowest BCUT2D eigenvalue weighted by molar-refractivity contribution is 0.101. The minimum Gasteiger partial charge on any atom is -0.492 e. The van der Waals surface area contributed by atoms with Gasteiger partial charge in [-0.1, -0.05) is 70.0 Å². The summed E-state index contributed by atoms with van der Waals surface area (Å²) in [5.41, 5.74) is 3.02. The highest BCUT2D eigenvalue weighted by Crippen LogP contribution is 2.25. The number of amides is 2. The maximum absolute atomic E-state index is 13.1. The van der Waals surface area contributed by atoms with Crippen LogP contribution >= 0.6 is 27.5 Å². The number of rotatable bonds is 8. The first kappa shape index (κ1) is 24.5. The standard InChI is InChI=1S/C28H22BrClN2O3/c29-21-12-13-26(35-15-14-19-6-2-1-3-7-19)25(17-21)28(34)32-23-10-4-8-20(16-23)27(33)31-24-11-5-9-22(30)18-24/h1-13,16-18H,14-15H2,(H,31,33)(H,32,34). The molecule has 0 unspecified atom stereocenters. The van der Waals surface area contributed by atoms with Crippen LogP contribution in [0.5, 0.6) is 5.75 Å². The monoisotopic (exact) mass is 548 g/mol. The summed E-state index contributed by atoms with van der Waals surface area (Å²) >= 11 is 9.41. The molecule has 0 bridgehead atoms. The van der Waals surface area contributed by atoms with E-state index in [9.17, 15) is 9.59 Å². The van der Waals surface area contributed by atoms with Crippen LogP contribution in [0.15, 0.2) is 102 Å². The van der Waals surface area contributed by atoms with Crippen molar-refractivity contribution in [2.75, 3.05) is 17.2 Å². The van der Waals surface area contributed by atoms with Gasteiger partial charge < -0.3 is 15.4 Å². The smallest absolute Gasteiger partial charge is 0.259 e. The fourth-order valence-electron chi connectivity index (χ4n) is 3.44. The lowest BCUT2D eigenvalue weighted by atomic mass is 10.1. The third-order valence-electron chi connectivity index (χ3n) is 5.14. The first-order valence-electron chi connectivity index (χ1n) is 10.9. The van der Waals surface area contributed by atoms with Crippen molar-refractivity contribution in [2.24, 2.45) is 0 Å². The molecule has 4 aromatic carbocycles. The molecule has 4 rings (SSSR count). The van der Waals surface area contributed by atoms with Gasteiger partial charge in [0.25, 0.3) is 11.8 Å². The minimum absolute atomic E-state index is 0.309. The number of nitrogens with one attached hydrogen (secondary N) is 2. The summed E-state index contributed by atoms with van der Waals surface area (Å²) in [7, 11) is 0. The predicted octanol–water partition coefficient (Wildman–Crippen LogP) is 7.23. The van der Waals surface area contributed by atoms with Gasteiger partial charge in [-0.15, -0.1) is 0 Å². The highest BCUT2D eigenvalue weighted by atomic mass is 79.9. The largest absolute Gasteiger partial charge is 0.492 e. The van der Waals surface area contributed by atoms with Gasteiger partial charge in [0.05, 0.1) is 12.2 Å². The summed E-state index contributed by atoms with van der Waals surface area (Å²) in [5.74, 6) is -0.166. The van der Waals surface area contributed by atoms with E-state index >= 15 is 0 Å². The number of anilines is 2. The van der Waals surface area contributed by atoms with Crippen molar-refractivity contribution < 1.29 is 14.3 Å². The highest BCUT2D eigenvalue weighted by Gasteiger charge is 2.15. The van der Waals surface area contributed by atoms with Crippen LogP contribution in [0.1, 0.15) is 26.3 Å². The maximum Gasteiger partial charge on any atom is 0.259 e. The second kappa shape index (κ2) is 11.7. The van der Waals surface area contributed by atoms with Gasteiger partial charge in [-0.2, -0.15) is 0 Å². The van der Waals surface area contributed by atoms with Gasteiger partial charge in [0.1, 0.15) is 5.75 Å². The number of benzene rings is 4. The quantitative estimate of drug-likeness (QED) is 0.244. The molecule has 0 atom stereocenters. The first-order valence-corrected chi connectivity index (χ1v) is 12.1. The third kappa shape index (κ3) is 6.94. The molecule has 0 fully saturated rings. The topological polar surface area (TPSA) is 67.4 Å². The summed E-state index contributed by atoms with van der Waals surface area (Å²) in [6, 6.07) is 28.9. The molecule has 35 heavy (non-hydrogen) atoms. The van der Waals surface area contributed by atoms with Gasteiger partial charge in [-0.05, 0) is 60.2 Å². The van der Waals surface area contributed by atoms with Crippen molar-refractivity contribution in [3.8, 4) is 5.75 Å². The van der Waals surface area contributed by atoms with Gasteiger partial charge >= 0.3 is 0 Å². The first-order chi connectivity index (χ1) is 17.0. The molecule has 0 aliphatic rings. The van der Waals surface area contributed by atoms with E-state index in [1.165, 1.54) is 0 Å². The molecule has 2 amide bonds. The minimum atomic E-state index is -0.339. The number of hydrogen-bond donors (Lipinski definition) is 2. The SMILES string of the molecule is O=C(Nc1cccc(Cl)c1)c1cccc(NC(=O)c2cc(Br)ccc2OCCc2ccccc2)c1. The Kier molecular flexibility index (Phi) is 8.19. The van der Waals surface area contributed by atoms with E-state index in [2.05, 4.69) is 26.6 Å². The molecule has 4 aromatic rings. The van der Waals surface area contributed by atoms with Crippen molar-refractivity contribution in [1.82, 2.24) is 0 Å². The molecule has 2 N–H and O–H groups in total. The zero-order chi connectivity index (χ0) is 24.6. The van der Waals surface area contributed by atoms with Crippen LogP contribution in [0, 0.1) is 0 Å². The van der Waals surface area contributed by atoms with Crippen LogP contribution in [-0.4, -0.2) is 18.4 Å². The van der Waals surface area contributed by atoms with Gasteiger partial charge in [-0.25, -0.2) is 0 Å². The molecule has 0 saturated heterocycles. The van der Waals surface area contributed by atoms with Gasteiger partial charge in [-0.3, -0.25) is 9.59 Å². The Labute approximate surface area is 217 Å². The van der Waals surface area contributed by atoms with Crippen LogP contribution in [-0.2, 0) is 6.42 Å². The van der Waals surface area contributed by atoms with Gasteiger partial charge in [0.15, 0.2) is 0 Å². The van der Waals surface area contributed by atoms with Crippen LogP contribution in [0.3, 0.4) is 0 Å². The molecule has 0 aromatic heterocycles. The molecular formula is C28H22BrClN2O3. The second-order valence-electron chi connectivity index (χ2n) is 7.72. The van der Waals surface area contributed by atoms with Crippen LogP contribution in [0.25, 0.3) is 0 Å². The molecule has 7 heteroatoms. The normalized spacial score (nSPS) is 10.5. The van der Waals surface area contributed by atoms with Crippen LogP contribution in [0.4, 0.5) is 11.4 Å². The highest BCUT2D eigenvalue weighted by molar-refractivity contribution is 9.10. The Morgan fingerprint density at radius 3 is 2.26 bits per heavy atom. The molecule has 0 saturated carbocycles. The number of hydrogen-bond acceptors (Lipinski definition) is 3. The summed E-state index contributed by atoms with van der Waals surface area (Å²) in [5, 5.41) is 6.19. The predicted molar refractivity (Wildman–Crippen MR) is 144 cm³/mol. The van der Waals surface area contributed by atoms with Crippen molar-refractivity contribution >= 4 is 50.7 Å². The van der Waals surface area contributed by atoms with E-state index < -0.39 is 0 Å². The van der Waals surface area contributed by atoms with E-state index in [0.717, 1.165) is 16.5 Å². The fraction of sp³-hybridized carbons (Fsp3) is 0.0714. The number of carbonyl (C=O) groups excluding carboxylic acids is 2. The molecule has 0 heterocycles. The maximum atomic E-state index is 13.1. The van der Waals surface area contributed by atoms with Crippen molar-refractivity contribution in [3.63, 3.8) is 0 Å². The Morgan fingerprint density at radius 2 is 1.49 bits per heavy atom. The molecule has 0 radical (unpaired) electrons. The van der Waals surface area contributed by atoms with Crippen LogP contribution < -0.4 is 15.4 Å². The van der Waals surface area contributed by atoms with E-state index in [4.69, 9.17) is 16.3 Å². The summed E-state index contributed by atoms with van der Waals surface area (Å²) < 4.78 is 6.69. The van der Waals surface area contributed by atoms with Crippen LogP contribution in [0.2, 0.25) is 5.02 Å². The Bertz CT molecular complexity index is 1350. The lowest BCUT2D eigenvalue weighted by Gasteiger charge is -2.13. The molecule has 0 aliphatic carbocycles. The molecular weight excluding hydrogens is 528 g/mol. The second-order valence-corrected chi connectivity index (χ2v) is 9.08. The van der Waals surface area contributed by atoms with E-state index in [1.807, 2.05) is 36.4 Å². The Hall–Kier alpha value is -3.61. The zero-order valence-corrected chi connectivity index (χ0v) is 21.0. The molecule has 0 aliphatic heterocycles. The third-order valence-corrected chi connectivity index (χ3v) is 5.87. The van der Waals surface area contributed by atoms with Gasteiger partial charge in [0, 0.05) is 32.9 Å². The van der Waals surface area contributed by atoms with E-state index in [-0.39, 0.29) is 11.8 Å². The summed E-state index contributed by atoms with van der Waals surface area (Å²) in [6.07, 6.45) is 0.724. The Morgan fingerprint density at radius 1 is 0.771 bits per heavy atom. The lowest BCUT2D eigenvalue weighted by Crippen LogP contribution is -2.16. The zero-order valence-electron chi connectivity index (χ0n) is 18.6. The number of halogens is 2. The average molecular weight is 550 g/mol. The van der Waals surface area contributed by atoms with Gasteiger partial charge in [0.2, 0.25) is 0 Å².